The third kappa shape index (κ3) is 5.15. The molecule has 0 spiro atoms. The summed E-state index contributed by atoms with van der Waals surface area (Å²) in [5, 5.41) is 2.94. The van der Waals surface area contributed by atoms with Gasteiger partial charge in [-0.25, -0.2) is 4.98 Å². The highest BCUT2D eigenvalue weighted by Gasteiger charge is 2.29. The van der Waals surface area contributed by atoms with Crippen LogP contribution in [0.3, 0.4) is 0 Å². The van der Waals surface area contributed by atoms with Gasteiger partial charge in [0.25, 0.3) is 0 Å². The van der Waals surface area contributed by atoms with Gasteiger partial charge in [-0.15, -0.1) is 0 Å². The summed E-state index contributed by atoms with van der Waals surface area (Å²) in [6, 6.07) is 5.57. The number of aromatic nitrogens is 2. The number of nitrogens with zero attached hydrogens (tertiary/aromatic N) is 3. The molecule has 1 atom stereocenters. The fourth-order valence-corrected chi connectivity index (χ4v) is 4.56. The van der Waals surface area contributed by atoms with Crippen LogP contribution in [0, 0.1) is 12.8 Å². The minimum atomic E-state index is -0.189. The van der Waals surface area contributed by atoms with E-state index < -0.39 is 0 Å². The van der Waals surface area contributed by atoms with Crippen molar-refractivity contribution in [1.29, 1.82) is 0 Å². The molecule has 1 aromatic carbocycles. The number of hydrogen-bond acceptors (Lipinski definition) is 5. The Morgan fingerprint density at radius 2 is 1.97 bits per heavy atom. The first kappa shape index (κ1) is 22.0. The van der Waals surface area contributed by atoms with Gasteiger partial charge in [-0.1, -0.05) is 0 Å². The average molecular weight is 440 g/mol. The Morgan fingerprint density at radius 1 is 1.19 bits per heavy atom. The van der Waals surface area contributed by atoms with Crippen LogP contribution in [0.5, 0.6) is 0 Å². The number of carbonyl (C=O) groups excluding carboxylic acids is 4. The molecule has 4 amide bonds. The van der Waals surface area contributed by atoms with Gasteiger partial charge in [0.1, 0.15) is 5.82 Å². The number of H-pyrrole nitrogens is 1. The molecule has 4 rings (SSSR count). The number of aromatic amines is 1. The summed E-state index contributed by atoms with van der Waals surface area (Å²) in [4.78, 5) is 59.6. The van der Waals surface area contributed by atoms with Crippen molar-refractivity contribution in [3.8, 4) is 0 Å². The lowest BCUT2D eigenvalue weighted by Gasteiger charge is -2.33. The molecule has 2 N–H and O–H groups in total. The number of hydrogen-bond donors (Lipinski definition) is 2. The molecule has 0 bridgehead atoms. The van der Waals surface area contributed by atoms with Gasteiger partial charge in [-0.3, -0.25) is 24.1 Å². The number of imidazole rings is 1. The Balaban J connectivity index is 1.27. The van der Waals surface area contributed by atoms with Gasteiger partial charge in [0.05, 0.1) is 11.0 Å². The van der Waals surface area contributed by atoms with Crippen LogP contribution >= 0.6 is 0 Å². The maximum Gasteiger partial charge on any atom is 0.229 e. The van der Waals surface area contributed by atoms with Gasteiger partial charge in [-0.2, -0.15) is 0 Å². The fourth-order valence-electron chi connectivity index (χ4n) is 4.56. The monoisotopic (exact) mass is 439 g/mol. The number of amides is 4. The van der Waals surface area contributed by atoms with Crippen LogP contribution in [0.2, 0.25) is 0 Å². The first-order chi connectivity index (χ1) is 15.4. The molecular weight excluding hydrogens is 410 g/mol. The number of aryl methyl sites for hydroxylation is 1. The standard InChI is InChI=1S/C23H29N5O4/c1-15-24-18-8-7-17(13-19(18)25-15)26-20(29)12-16-4-3-10-27(14-16)21(30)9-11-28-22(31)5-2-6-23(28)32/h7-8,13,16H,2-6,9-12,14H2,1H3,(H,24,25)(H,26,29)/t16-/m1/s1. The van der Waals surface area contributed by atoms with E-state index in [-0.39, 0.29) is 42.5 Å². The average Bonchev–Trinajstić information content (AvgIpc) is 3.12. The third-order valence-corrected chi connectivity index (χ3v) is 6.16. The maximum absolute atomic E-state index is 12.7. The SMILES string of the molecule is Cc1nc2ccc(NC(=O)C[C@H]3CCCN(C(=O)CCN4C(=O)CCCC4=O)C3)cc2[nH]1. The second-order valence-electron chi connectivity index (χ2n) is 8.70. The Kier molecular flexibility index (Phi) is 6.53. The summed E-state index contributed by atoms with van der Waals surface area (Å²) in [7, 11) is 0. The lowest BCUT2D eigenvalue weighted by atomic mass is 9.94. The molecule has 2 saturated heterocycles. The fraction of sp³-hybridized carbons (Fsp3) is 0.522. The summed E-state index contributed by atoms with van der Waals surface area (Å²) < 4.78 is 0. The zero-order valence-electron chi connectivity index (χ0n) is 18.4. The smallest absolute Gasteiger partial charge is 0.229 e. The topological polar surface area (TPSA) is 115 Å². The molecule has 2 aromatic rings. The first-order valence-corrected chi connectivity index (χ1v) is 11.3. The molecule has 2 fully saturated rings. The Bertz CT molecular complexity index is 1030. The number of rotatable bonds is 6. The number of benzene rings is 1. The molecule has 0 saturated carbocycles. The zero-order chi connectivity index (χ0) is 22.7. The molecule has 9 heteroatoms. The molecule has 2 aliphatic heterocycles. The molecular formula is C23H29N5O4. The van der Waals surface area contributed by atoms with Gasteiger partial charge in [0.2, 0.25) is 23.6 Å². The van der Waals surface area contributed by atoms with Crippen LogP contribution in [0.15, 0.2) is 18.2 Å². The van der Waals surface area contributed by atoms with Crippen molar-refractivity contribution in [1.82, 2.24) is 19.8 Å². The molecule has 2 aliphatic rings. The van der Waals surface area contributed by atoms with Crippen molar-refractivity contribution < 1.29 is 19.2 Å². The van der Waals surface area contributed by atoms with Crippen molar-refractivity contribution in [3.63, 3.8) is 0 Å². The number of carbonyl (C=O) groups is 4. The second kappa shape index (κ2) is 9.50. The van der Waals surface area contributed by atoms with Crippen molar-refractivity contribution >= 4 is 40.3 Å². The van der Waals surface area contributed by atoms with Crippen LogP contribution in [0.4, 0.5) is 5.69 Å². The predicted octanol–water partition coefficient (Wildman–Crippen LogP) is 2.37. The number of likely N-dealkylation sites (tertiary alicyclic amines) is 2. The largest absolute Gasteiger partial charge is 0.342 e. The Labute approximate surface area is 186 Å². The summed E-state index contributed by atoms with van der Waals surface area (Å²) in [5.41, 5.74) is 2.45. The van der Waals surface area contributed by atoms with E-state index in [0.717, 1.165) is 29.7 Å². The van der Waals surface area contributed by atoms with E-state index >= 15 is 0 Å². The van der Waals surface area contributed by atoms with Gasteiger partial charge < -0.3 is 15.2 Å². The van der Waals surface area contributed by atoms with E-state index in [2.05, 4.69) is 15.3 Å². The zero-order valence-corrected chi connectivity index (χ0v) is 18.4. The number of imide groups is 1. The highest BCUT2D eigenvalue weighted by Crippen LogP contribution is 2.23. The van der Waals surface area contributed by atoms with Crippen LogP contribution in [0.25, 0.3) is 11.0 Å². The summed E-state index contributed by atoms with van der Waals surface area (Å²) in [5.74, 6) is 0.385. The van der Waals surface area contributed by atoms with Crippen molar-refractivity contribution in [2.24, 2.45) is 5.92 Å². The van der Waals surface area contributed by atoms with Gasteiger partial charge in [0, 0.05) is 51.0 Å². The van der Waals surface area contributed by atoms with E-state index in [1.165, 1.54) is 4.90 Å². The van der Waals surface area contributed by atoms with Crippen molar-refractivity contribution in [2.75, 3.05) is 25.0 Å². The van der Waals surface area contributed by atoms with Crippen LogP contribution < -0.4 is 5.32 Å². The van der Waals surface area contributed by atoms with Gasteiger partial charge in [0.15, 0.2) is 0 Å². The molecule has 1 aromatic heterocycles. The van der Waals surface area contributed by atoms with Crippen molar-refractivity contribution in [2.45, 2.75) is 51.9 Å². The Hall–Kier alpha value is -3.23. The number of piperidine rings is 2. The number of fused-ring (bicyclic) bond motifs is 1. The van der Waals surface area contributed by atoms with Crippen molar-refractivity contribution in [3.05, 3.63) is 24.0 Å². The summed E-state index contributed by atoms with van der Waals surface area (Å²) in [6.07, 6.45) is 3.53. The summed E-state index contributed by atoms with van der Waals surface area (Å²) >= 11 is 0. The van der Waals surface area contributed by atoms with Gasteiger partial charge in [-0.05, 0) is 50.3 Å². The maximum atomic E-state index is 12.7. The molecule has 32 heavy (non-hydrogen) atoms. The molecule has 3 heterocycles. The molecule has 170 valence electrons. The molecule has 0 radical (unpaired) electrons. The number of anilines is 1. The predicted molar refractivity (Wildman–Crippen MR) is 119 cm³/mol. The van der Waals surface area contributed by atoms with Crippen LogP contribution in [-0.2, 0) is 19.2 Å². The highest BCUT2D eigenvalue weighted by atomic mass is 16.2. The quantitative estimate of drug-likeness (QED) is 0.671. The highest BCUT2D eigenvalue weighted by molar-refractivity contribution is 5.98. The van der Waals surface area contributed by atoms with Crippen LogP contribution in [-0.4, -0.2) is 63.0 Å². The normalized spacial score (nSPS) is 19.5. The number of nitrogens with one attached hydrogen (secondary N) is 2. The molecule has 0 aliphatic carbocycles. The van der Waals surface area contributed by atoms with Crippen LogP contribution in [0.1, 0.15) is 50.8 Å². The molecule has 0 unspecified atom stereocenters. The third-order valence-electron chi connectivity index (χ3n) is 6.16. The first-order valence-electron chi connectivity index (χ1n) is 11.3. The second-order valence-corrected chi connectivity index (χ2v) is 8.70. The van der Waals surface area contributed by atoms with E-state index in [1.54, 1.807) is 4.90 Å². The Morgan fingerprint density at radius 3 is 2.75 bits per heavy atom. The van der Waals surface area contributed by atoms with E-state index in [9.17, 15) is 19.2 Å². The lowest BCUT2D eigenvalue weighted by molar-refractivity contribution is -0.148. The lowest BCUT2D eigenvalue weighted by Crippen LogP contribution is -2.45. The van der Waals surface area contributed by atoms with Gasteiger partial charge >= 0.3 is 0 Å². The van der Waals surface area contributed by atoms with E-state index in [0.29, 0.717) is 44.5 Å². The summed E-state index contributed by atoms with van der Waals surface area (Å²) in [6.45, 7) is 3.20. The minimum absolute atomic E-state index is 0.0682. The minimum Gasteiger partial charge on any atom is -0.342 e. The van der Waals surface area contributed by atoms with E-state index in [4.69, 9.17) is 0 Å². The molecule has 9 nitrogen and oxygen atoms in total. The van der Waals surface area contributed by atoms with E-state index in [1.807, 2.05) is 25.1 Å².